The van der Waals surface area contributed by atoms with E-state index in [2.05, 4.69) is 24.8 Å². The van der Waals surface area contributed by atoms with Crippen molar-refractivity contribution < 1.29 is 5.11 Å². The van der Waals surface area contributed by atoms with Gasteiger partial charge in [-0.1, -0.05) is 19.1 Å². The first kappa shape index (κ1) is 12.0. The van der Waals surface area contributed by atoms with Crippen LogP contribution in [-0.2, 0) is 6.42 Å². The minimum Gasteiger partial charge on any atom is -0.508 e. The van der Waals surface area contributed by atoms with Crippen LogP contribution in [0.25, 0.3) is 0 Å². The summed E-state index contributed by atoms with van der Waals surface area (Å²) < 4.78 is 0. The van der Waals surface area contributed by atoms with Crippen molar-refractivity contribution in [2.75, 3.05) is 0 Å². The molecule has 3 atom stereocenters. The Morgan fingerprint density at radius 2 is 2.11 bits per heavy atom. The van der Waals surface area contributed by atoms with Gasteiger partial charge in [-0.15, -0.1) is 0 Å². The first-order valence-electron chi connectivity index (χ1n) is 7.30. The molecule has 0 amide bonds. The minimum absolute atomic E-state index is 0.495. The predicted octanol–water partition coefficient (Wildman–Crippen LogP) is 3.64. The van der Waals surface area contributed by atoms with Crippen LogP contribution >= 0.6 is 0 Å². The summed E-state index contributed by atoms with van der Waals surface area (Å²) in [5.41, 5.74) is 2.57. The van der Waals surface area contributed by atoms with Crippen LogP contribution in [0.15, 0.2) is 18.2 Å². The molecule has 0 bridgehead atoms. The number of hydrogen-bond acceptors (Lipinski definition) is 2. The Morgan fingerprint density at radius 1 is 1.28 bits per heavy atom. The van der Waals surface area contributed by atoms with Gasteiger partial charge in [-0.2, -0.15) is 0 Å². The molecule has 3 rings (SSSR count). The minimum atomic E-state index is 0.495. The second kappa shape index (κ2) is 4.58. The molecule has 0 aromatic heterocycles. The maximum absolute atomic E-state index is 9.96. The summed E-state index contributed by atoms with van der Waals surface area (Å²) in [6, 6.07) is 7.99. The summed E-state index contributed by atoms with van der Waals surface area (Å²) in [6.45, 7) is 4.66. The molecule has 1 heterocycles. The molecule has 1 saturated heterocycles. The van der Waals surface area contributed by atoms with Crippen molar-refractivity contribution in [3.8, 4) is 5.75 Å². The third kappa shape index (κ3) is 1.74. The summed E-state index contributed by atoms with van der Waals surface area (Å²) >= 11 is 0. The van der Waals surface area contributed by atoms with Crippen LogP contribution in [0.4, 0.5) is 0 Å². The highest BCUT2D eigenvalue weighted by Gasteiger charge is 2.38. The standard InChI is InChI=1S/C16H23NO/c1-3-12-8-7-11(2)17(12)15-10-9-14-13(15)5-4-6-16(14)18/h4-6,11-12,15,18H,3,7-10H2,1-2H3. The van der Waals surface area contributed by atoms with Crippen LogP contribution in [0.5, 0.6) is 5.75 Å². The lowest BCUT2D eigenvalue weighted by Crippen LogP contribution is -2.36. The smallest absolute Gasteiger partial charge is 0.119 e. The van der Waals surface area contributed by atoms with E-state index in [1.54, 1.807) is 0 Å². The summed E-state index contributed by atoms with van der Waals surface area (Å²) in [5, 5.41) is 9.96. The number of hydrogen-bond donors (Lipinski definition) is 1. The fourth-order valence-corrected chi connectivity index (χ4v) is 3.99. The van der Waals surface area contributed by atoms with Gasteiger partial charge in [-0.25, -0.2) is 0 Å². The molecule has 3 unspecified atom stereocenters. The maximum atomic E-state index is 9.96. The number of benzene rings is 1. The van der Waals surface area contributed by atoms with Gasteiger partial charge in [0.2, 0.25) is 0 Å². The van der Waals surface area contributed by atoms with E-state index in [9.17, 15) is 5.11 Å². The monoisotopic (exact) mass is 245 g/mol. The number of fused-ring (bicyclic) bond motifs is 1. The largest absolute Gasteiger partial charge is 0.508 e. The van der Waals surface area contributed by atoms with Crippen molar-refractivity contribution in [2.24, 2.45) is 0 Å². The van der Waals surface area contributed by atoms with E-state index in [4.69, 9.17) is 0 Å². The quantitative estimate of drug-likeness (QED) is 0.860. The molecule has 1 N–H and O–H groups in total. The zero-order chi connectivity index (χ0) is 12.7. The van der Waals surface area contributed by atoms with E-state index >= 15 is 0 Å². The van der Waals surface area contributed by atoms with Crippen LogP contribution < -0.4 is 0 Å². The van der Waals surface area contributed by atoms with Crippen LogP contribution in [0.2, 0.25) is 0 Å². The molecule has 0 saturated carbocycles. The molecule has 0 radical (unpaired) electrons. The number of rotatable bonds is 2. The average Bonchev–Trinajstić information content (AvgIpc) is 2.93. The lowest BCUT2D eigenvalue weighted by atomic mass is 10.0. The molecule has 2 heteroatoms. The van der Waals surface area contributed by atoms with E-state index in [1.165, 1.54) is 36.8 Å². The van der Waals surface area contributed by atoms with Gasteiger partial charge in [0.05, 0.1) is 0 Å². The molecule has 1 fully saturated rings. The van der Waals surface area contributed by atoms with Gasteiger partial charge >= 0.3 is 0 Å². The van der Waals surface area contributed by atoms with E-state index in [1.807, 2.05) is 12.1 Å². The number of aromatic hydroxyl groups is 1. The normalized spacial score (nSPS) is 31.8. The van der Waals surface area contributed by atoms with Gasteiger partial charge in [0.15, 0.2) is 0 Å². The fourth-order valence-electron chi connectivity index (χ4n) is 3.99. The van der Waals surface area contributed by atoms with Gasteiger partial charge in [0.1, 0.15) is 5.75 Å². The van der Waals surface area contributed by atoms with Gasteiger partial charge in [0, 0.05) is 18.1 Å². The molecular weight excluding hydrogens is 222 g/mol. The Kier molecular flexibility index (Phi) is 3.06. The Hall–Kier alpha value is -1.02. The number of phenols is 1. The van der Waals surface area contributed by atoms with E-state index in [0.717, 1.165) is 12.5 Å². The molecule has 2 aliphatic rings. The third-order valence-corrected chi connectivity index (χ3v) is 4.89. The second-order valence-electron chi connectivity index (χ2n) is 5.84. The Morgan fingerprint density at radius 3 is 2.89 bits per heavy atom. The van der Waals surface area contributed by atoms with Gasteiger partial charge in [0.25, 0.3) is 0 Å². The van der Waals surface area contributed by atoms with Crippen molar-refractivity contribution in [1.82, 2.24) is 4.90 Å². The lowest BCUT2D eigenvalue weighted by Gasteiger charge is -2.34. The molecular formula is C16H23NO. The first-order chi connectivity index (χ1) is 8.72. The SMILES string of the molecule is CCC1CCC(C)N1C1CCc2c(O)cccc21. The van der Waals surface area contributed by atoms with E-state index in [-0.39, 0.29) is 0 Å². The van der Waals surface area contributed by atoms with Crippen LogP contribution in [0, 0.1) is 0 Å². The van der Waals surface area contributed by atoms with Gasteiger partial charge in [-0.05, 0) is 56.2 Å². The zero-order valence-corrected chi connectivity index (χ0v) is 11.4. The van der Waals surface area contributed by atoms with Crippen molar-refractivity contribution in [3.63, 3.8) is 0 Å². The number of nitrogens with zero attached hydrogens (tertiary/aromatic N) is 1. The van der Waals surface area contributed by atoms with E-state index < -0.39 is 0 Å². The Balaban J connectivity index is 1.94. The molecule has 1 aromatic rings. The lowest BCUT2D eigenvalue weighted by molar-refractivity contribution is 0.133. The summed E-state index contributed by atoms with van der Waals surface area (Å²) in [5.74, 6) is 0.495. The third-order valence-electron chi connectivity index (χ3n) is 4.89. The van der Waals surface area contributed by atoms with Crippen molar-refractivity contribution in [2.45, 2.75) is 64.1 Å². The fraction of sp³-hybridized carbons (Fsp3) is 0.625. The van der Waals surface area contributed by atoms with Crippen molar-refractivity contribution in [1.29, 1.82) is 0 Å². The van der Waals surface area contributed by atoms with Crippen LogP contribution in [-0.4, -0.2) is 22.1 Å². The summed E-state index contributed by atoms with van der Waals surface area (Å²) in [6.07, 6.45) is 6.11. The highest BCUT2D eigenvalue weighted by Crippen LogP contribution is 2.44. The predicted molar refractivity (Wildman–Crippen MR) is 73.8 cm³/mol. The summed E-state index contributed by atoms with van der Waals surface area (Å²) in [4.78, 5) is 2.71. The molecule has 1 aromatic carbocycles. The second-order valence-corrected chi connectivity index (χ2v) is 5.84. The van der Waals surface area contributed by atoms with Crippen molar-refractivity contribution in [3.05, 3.63) is 29.3 Å². The summed E-state index contributed by atoms with van der Waals surface area (Å²) in [7, 11) is 0. The number of likely N-dealkylation sites (tertiary alicyclic amines) is 1. The molecule has 1 aliphatic heterocycles. The highest BCUT2D eigenvalue weighted by atomic mass is 16.3. The van der Waals surface area contributed by atoms with Gasteiger partial charge in [-0.3, -0.25) is 4.90 Å². The van der Waals surface area contributed by atoms with Crippen LogP contribution in [0.3, 0.4) is 0 Å². The molecule has 18 heavy (non-hydrogen) atoms. The highest BCUT2D eigenvalue weighted by molar-refractivity contribution is 5.44. The van der Waals surface area contributed by atoms with E-state index in [0.29, 0.717) is 17.8 Å². The van der Waals surface area contributed by atoms with Crippen molar-refractivity contribution >= 4 is 0 Å². The maximum Gasteiger partial charge on any atom is 0.119 e. The first-order valence-corrected chi connectivity index (χ1v) is 7.30. The number of phenolic OH excluding ortho intramolecular Hbond substituents is 1. The molecule has 98 valence electrons. The molecule has 0 spiro atoms. The van der Waals surface area contributed by atoms with Crippen LogP contribution in [0.1, 0.15) is 56.7 Å². The average molecular weight is 245 g/mol. The topological polar surface area (TPSA) is 23.5 Å². The molecule has 1 aliphatic carbocycles. The zero-order valence-electron chi connectivity index (χ0n) is 11.4. The Labute approximate surface area is 110 Å². The van der Waals surface area contributed by atoms with Gasteiger partial charge < -0.3 is 5.11 Å². The Bertz CT molecular complexity index is 443. The molecule has 2 nitrogen and oxygen atoms in total.